The van der Waals surface area contributed by atoms with Crippen molar-refractivity contribution in [1.29, 1.82) is 0 Å². The summed E-state index contributed by atoms with van der Waals surface area (Å²) in [6.45, 7) is 6.93. The number of para-hydroxylation sites is 1. The fraction of sp³-hybridized carbons (Fsp3) is 0.500. The van der Waals surface area contributed by atoms with Gasteiger partial charge in [-0.15, -0.1) is 0 Å². The van der Waals surface area contributed by atoms with E-state index in [1.807, 2.05) is 12.1 Å². The highest BCUT2D eigenvalue weighted by Gasteiger charge is 2.59. The van der Waals surface area contributed by atoms with Crippen molar-refractivity contribution in [3.05, 3.63) is 70.9 Å². The van der Waals surface area contributed by atoms with Crippen molar-refractivity contribution in [2.45, 2.75) is 71.0 Å². The maximum atomic E-state index is 6.24. The van der Waals surface area contributed by atoms with Crippen LogP contribution >= 0.6 is 11.6 Å². The molecule has 4 aliphatic rings. The lowest BCUT2D eigenvalue weighted by atomic mass is 9.43. The normalized spacial score (nSPS) is 34.0. The first-order valence-electron chi connectivity index (χ1n) is 11.9. The minimum Gasteiger partial charge on any atom is -0.343 e. The molecule has 1 N–H and O–H groups in total. The summed E-state index contributed by atoms with van der Waals surface area (Å²) in [5.41, 5.74) is 5.39. The number of hydrogen-bond donors (Lipinski definition) is 1. The molecule has 4 bridgehead atoms. The fourth-order valence-electron chi connectivity index (χ4n) is 8.35. The molecule has 1 heterocycles. The van der Waals surface area contributed by atoms with E-state index in [2.05, 4.69) is 66.3 Å². The van der Waals surface area contributed by atoms with Crippen LogP contribution in [0.2, 0.25) is 5.02 Å². The third kappa shape index (κ3) is 3.52. The summed E-state index contributed by atoms with van der Waals surface area (Å²) in [6, 6.07) is 17.1. The topological polar surface area (TPSA) is 17.0 Å². The second-order valence-electron chi connectivity index (χ2n) is 11.7. The lowest BCUT2D eigenvalue weighted by Gasteiger charge is -2.65. The van der Waals surface area contributed by atoms with Crippen LogP contribution in [0.5, 0.6) is 0 Å². The van der Waals surface area contributed by atoms with E-state index in [0.29, 0.717) is 16.4 Å². The van der Waals surface area contributed by atoms with Crippen molar-refractivity contribution in [3.63, 3.8) is 0 Å². The van der Waals surface area contributed by atoms with E-state index in [9.17, 15) is 0 Å². The predicted octanol–water partition coefficient (Wildman–Crippen LogP) is 7.18. The van der Waals surface area contributed by atoms with Crippen molar-refractivity contribution in [2.24, 2.45) is 16.7 Å². The van der Waals surface area contributed by atoms with E-state index in [0.717, 1.165) is 24.0 Å². The molecule has 4 aliphatic carbocycles. The third-order valence-corrected chi connectivity index (χ3v) is 8.63. The lowest BCUT2D eigenvalue weighted by molar-refractivity contribution is -0.118. The van der Waals surface area contributed by atoms with E-state index in [4.69, 9.17) is 11.6 Å². The average Bonchev–Trinajstić information content (AvgIpc) is 3.02. The second-order valence-corrected chi connectivity index (χ2v) is 12.1. The Morgan fingerprint density at radius 2 is 1.74 bits per heavy atom. The molecule has 0 saturated heterocycles. The number of aromatic nitrogens is 1. The number of halogens is 1. The van der Waals surface area contributed by atoms with Crippen LogP contribution in [-0.2, 0) is 13.1 Å². The van der Waals surface area contributed by atoms with Crippen molar-refractivity contribution in [1.82, 2.24) is 9.88 Å². The molecule has 3 heteroatoms. The van der Waals surface area contributed by atoms with Crippen LogP contribution in [0.4, 0.5) is 0 Å². The van der Waals surface area contributed by atoms with Gasteiger partial charge in [0.15, 0.2) is 0 Å². The fourth-order valence-corrected chi connectivity index (χ4v) is 8.57. The summed E-state index contributed by atoms with van der Waals surface area (Å²) in [5.74, 6) is 0.919. The lowest BCUT2D eigenvalue weighted by Crippen LogP contribution is -2.63. The Bertz CT molecular complexity index is 1130. The zero-order chi connectivity index (χ0) is 21.3. The van der Waals surface area contributed by atoms with Crippen LogP contribution in [0, 0.1) is 16.7 Å². The molecule has 2 unspecified atom stereocenters. The number of fused-ring (bicyclic) bond motifs is 1. The van der Waals surface area contributed by atoms with Gasteiger partial charge in [0.25, 0.3) is 0 Å². The molecular weight excluding hydrogens is 400 g/mol. The smallest absolute Gasteiger partial charge is 0.0486 e. The molecule has 4 atom stereocenters. The molecule has 31 heavy (non-hydrogen) atoms. The Kier molecular flexibility index (Phi) is 4.40. The van der Waals surface area contributed by atoms with Crippen LogP contribution in [-0.4, -0.2) is 10.1 Å². The molecule has 2 aromatic carbocycles. The molecule has 0 aliphatic heterocycles. The van der Waals surface area contributed by atoms with Gasteiger partial charge in [-0.3, -0.25) is 0 Å². The monoisotopic (exact) mass is 432 g/mol. The average molecular weight is 433 g/mol. The van der Waals surface area contributed by atoms with Gasteiger partial charge in [-0.25, -0.2) is 0 Å². The van der Waals surface area contributed by atoms with Gasteiger partial charge in [0.05, 0.1) is 0 Å². The quantitative estimate of drug-likeness (QED) is 0.451. The zero-order valence-corrected chi connectivity index (χ0v) is 19.5. The van der Waals surface area contributed by atoms with E-state index in [-0.39, 0.29) is 0 Å². The Balaban J connectivity index is 1.29. The third-order valence-electron chi connectivity index (χ3n) is 8.39. The second kappa shape index (κ2) is 6.86. The largest absolute Gasteiger partial charge is 0.343 e. The maximum absolute atomic E-state index is 6.24. The molecule has 0 amide bonds. The molecule has 0 radical (unpaired) electrons. The van der Waals surface area contributed by atoms with Gasteiger partial charge < -0.3 is 9.88 Å². The molecule has 3 aromatic rings. The van der Waals surface area contributed by atoms with E-state index >= 15 is 0 Å². The molecule has 2 nitrogen and oxygen atoms in total. The van der Waals surface area contributed by atoms with Crippen LogP contribution in [0.25, 0.3) is 10.9 Å². The number of rotatable bonds is 5. The number of nitrogens with one attached hydrogen (secondary N) is 1. The first-order valence-corrected chi connectivity index (χ1v) is 12.3. The summed E-state index contributed by atoms with van der Waals surface area (Å²) in [4.78, 5) is 0. The van der Waals surface area contributed by atoms with Gasteiger partial charge >= 0.3 is 0 Å². The van der Waals surface area contributed by atoms with Crippen LogP contribution in [0.1, 0.15) is 63.5 Å². The highest BCUT2D eigenvalue weighted by molar-refractivity contribution is 6.30. The van der Waals surface area contributed by atoms with Crippen molar-refractivity contribution in [2.75, 3.05) is 0 Å². The van der Waals surface area contributed by atoms with Gasteiger partial charge in [-0.05, 0) is 84.6 Å². The van der Waals surface area contributed by atoms with Gasteiger partial charge in [0, 0.05) is 40.8 Å². The van der Waals surface area contributed by atoms with E-state index in [1.54, 1.807) is 0 Å². The van der Waals surface area contributed by atoms with Crippen LogP contribution < -0.4 is 5.32 Å². The maximum Gasteiger partial charge on any atom is 0.0486 e. The van der Waals surface area contributed by atoms with Crippen molar-refractivity contribution >= 4 is 22.5 Å². The molecule has 4 fully saturated rings. The zero-order valence-electron chi connectivity index (χ0n) is 18.8. The standard InChI is InChI=1S/C28H33ClN2/c1-26-11-21-12-27(2,17-26)19-28(13-21,18-26)30-14-22-16-31(25-9-4-3-8-24(22)25)15-20-6-5-7-23(29)10-20/h3-10,16,21,30H,11-15,17-19H2,1-2H3/t21?,26-,27+,28?. The van der Waals surface area contributed by atoms with Gasteiger partial charge in [0.2, 0.25) is 0 Å². The molecule has 4 saturated carbocycles. The summed E-state index contributed by atoms with van der Waals surface area (Å²) in [6.07, 6.45) is 10.8. The number of hydrogen-bond acceptors (Lipinski definition) is 1. The number of benzene rings is 2. The van der Waals surface area contributed by atoms with Gasteiger partial charge in [0.1, 0.15) is 0 Å². The number of nitrogens with zero attached hydrogens (tertiary/aromatic N) is 1. The van der Waals surface area contributed by atoms with Crippen LogP contribution in [0.15, 0.2) is 54.7 Å². The van der Waals surface area contributed by atoms with Gasteiger partial charge in [-0.1, -0.05) is 55.8 Å². The Labute approximate surface area is 191 Å². The first kappa shape index (κ1) is 19.9. The van der Waals surface area contributed by atoms with Crippen molar-refractivity contribution in [3.8, 4) is 0 Å². The summed E-state index contributed by atoms with van der Waals surface area (Å²) in [7, 11) is 0. The Morgan fingerprint density at radius 3 is 2.48 bits per heavy atom. The predicted molar refractivity (Wildman–Crippen MR) is 129 cm³/mol. The Morgan fingerprint density at radius 1 is 0.968 bits per heavy atom. The minimum absolute atomic E-state index is 0.332. The first-order chi connectivity index (χ1) is 14.8. The minimum atomic E-state index is 0.332. The summed E-state index contributed by atoms with van der Waals surface area (Å²) < 4.78 is 2.39. The van der Waals surface area contributed by atoms with E-state index in [1.165, 1.54) is 60.6 Å². The van der Waals surface area contributed by atoms with Crippen molar-refractivity contribution < 1.29 is 0 Å². The highest BCUT2D eigenvalue weighted by atomic mass is 35.5. The Hall–Kier alpha value is -1.77. The summed E-state index contributed by atoms with van der Waals surface area (Å²) in [5, 5.41) is 6.32. The molecule has 1 aromatic heterocycles. The molecule has 0 spiro atoms. The van der Waals surface area contributed by atoms with E-state index < -0.39 is 0 Å². The molecular formula is C28H33ClN2. The van der Waals surface area contributed by atoms with Gasteiger partial charge in [-0.2, -0.15) is 0 Å². The SMILES string of the molecule is C[C@]12CC3CC(NCc4cn(Cc5cccc(Cl)c5)c5ccccc45)(C1)C[C@@](C)(C3)C2. The molecule has 162 valence electrons. The van der Waals surface area contributed by atoms with Crippen LogP contribution in [0.3, 0.4) is 0 Å². The highest BCUT2D eigenvalue weighted by Crippen LogP contribution is 2.66. The summed E-state index contributed by atoms with van der Waals surface area (Å²) >= 11 is 6.24. The molecule has 7 rings (SSSR count).